The van der Waals surface area contributed by atoms with Crippen LogP contribution in [0.4, 0.5) is 0 Å². The number of carbonyl (C=O) groups is 2. The number of rotatable bonds is 6. The van der Waals surface area contributed by atoms with Gasteiger partial charge in [-0.15, -0.1) is 0 Å². The van der Waals surface area contributed by atoms with Gasteiger partial charge in [0.2, 0.25) is 15.9 Å². The van der Waals surface area contributed by atoms with Crippen molar-refractivity contribution in [2.45, 2.75) is 6.42 Å². The fraction of sp³-hybridized carbons (Fsp3) is 0.273. The van der Waals surface area contributed by atoms with Crippen LogP contribution in [0.15, 0.2) is 24.3 Å². The first-order chi connectivity index (χ1) is 8.79. The molecule has 19 heavy (non-hydrogen) atoms. The maximum atomic E-state index is 11.5. The molecule has 0 aliphatic carbocycles. The van der Waals surface area contributed by atoms with Crippen LogP contribution >= 0.6 is 0 Å². The number of hydrogen-bond donors (Lipinski definition) is 3. The highest BCUT2D eigenvalue weighted by molar-refractivity contribution is 7.89. The summed E-state index contributed by atoms with van der Waals surface area (Å²) in [6.07, 6.45) is -0.132. The number of primary sulfonamides is 1. The van der Waals surface area contributed by atoms with E-state index in [1.165, 1.54) is 12.1 Å². The lowest BCUT2D eigenvalue weighted by atomic mass is 10.0. The summed E-state index contributed by atoms with van der Waals surface area (Å²) in [5.41, 5.74) is 0.409. The third-order valence-corrected chi connectivity index (χ3v) is 3.08. The molecule has 0 aliphatic rings. The lowest BCUT2D eigenvalue weighted by Crippen LogP contribution is -2.32. The second-order valence-electron chi connectivity index (χ2n) is 3.86. The number of carboxylic acid groups (broad SMARTS) is 1. The number of carbonyl (C=O) groups excluding carboxylic acids is 1. The highest BCUT2D eigenvalue weighted by Gasteiger charge is 2.12. The van der Waals surface area contributed by atoms with Gasteiger partial charge in [0.05, 0.1) is 17.7 Å². The van der Waals surface area contributed by atoms with Crippen LogP contribution < -0.4 is 10.5 Å². The third-order valence-electron chi connectivity index (χ3n) is 2.31. The smallest absolute Gasteiger partial charge is 0.335 e. The topological polar surface area (TPSA) is 127 Å². The number of aromatic carboxylic acids is 1. The van der Waals surface area contributed by atoms with E-state index in [9.17, 15) is 18.0 Å². The molecule has 7 nitrogen and oxygen atoms in total. The largest absolute Gasteiger partial charge is 0.478 e. The fourth-order valence-corrected chi connectivity index (χ4v) is 1.84. The molecule has 1 aromatic rings. The Labute approximate surface area is 110 Å². The van der Waals surface area contributed by atoms with Crippen molar-refractivity contribution in [2.75, 3.05) is 12.3 Å². The van der Waals surface area contributed by atoms with E-state index in [0.29, 0.717) is 5.56 Å². The summed E-state index contributed by atoms with van der Waals surface area (Å²) in [5, 5.41) is 16.1. The van der Waals surface area contributed by atoms with Crippen LogP contribution in [-0.2, 0) is 21.2 Å². The van der Waals surface area contributed by atoms with Gasteiger partial charge in [-0.1, -0.05) is 18.2 Å². The zero-order chi connectivity index (χ0) is 14.5. The van der Waals surface area contributed by atoms with Gasteiger partial charge >= 0.3 is 5.97 Å². The molecule has 0 spiro atoms. The zero-order valence-electron chi connectivity index (χ0n) is 10.00. The van der Waals surface area contributed by atoms with E-state index >= 15 is 0 Å². The molecule has 1 rings (SSSR count). The van der Waals surface area contributed by atoms with Crippen molar-refractivity contribution in [1.29, 1.82) is 0 Å². The van der Waals surface area contributed by atoms with Crippen LogP contribution in [0.2, 0.25) is 0 Å². The minimum absolute atomic E-state index is 0.0455. The molecule has 0 unspecified atom stereocenters. The van der Waals surface area contributed by atoms with Crippen LogP contribution in [-0.4, -0.2) is 37.7 Å². The highest BCUT2D eigenvalue weighted by Crippen LogP contribution is 2.09. The SMILES string of the molecule is NS(=O)(=O)CCNC(=O)Cc1ccccc1C(=O)O. The zero-order valence-corrected chi connectivity index (χ0v) is 10.8. The monoisotopic (exact) mass is 286 g/mol. The van der Waals surface area contributed by atoms with E-state index in [0.717, 1.165) is 0 Å². The minimum Gasteiger partial charge on any atom is -0.478 e. The van der Waals surface area contributed by atoms with Crippen molar-refractivity contribution < 1.29 is 23.1 Å². The van der Waals surface area contributed by atoms with Crippen LogP contribution in [0, 0.1) is 0 Å². The summed E-state index contributed by atoms with van der Waals surface area (Å²) in [5.74, 6) is -1.94. The summed E-state index contributed by atoms with van der Waals surface area (Å²) in [6.45, 7) is -0.104. The van der Waals surface area contributed by atoms with Crippen molar-refractivity contribution in [1.82, 2.24) is 5.32 Å². The van der Waals surface area contributed by atoms with Gasteiger partial charge in [0, 0.05) is 6.54 Å². The first kappa shape index (κ1) is 15.1. The summed E-state index contributed by atoms with van der Waals surface area (Å²) >= 11 is 0. The predicted octanol–water partition coefficient (Wildman–Crippen LogP) is -0.668. The average molecular weight is 286 g/mol. The molecular formula is C11H14N2O5S. The van der Waals surface area contributed by atoms with Gasteiger partial charge in [0.25, 0.3) is 0 Å². The molecule has 1 amide bonds. The number of nitrogens with two attached hydrogens (primary N) is 1. The van der Waals surface area contributed by atoms with Crippen LogP contribution in [0.3, 0.4) is 0 Å². The highest BCUT2D eigenvalue weighted by atomic mass is 32.2. The Morgan fingerprint density at radius 3 is 2.47 bits per heavy atom. The molecule has 0 fully saturated rings. The average Bonchev–Trinajstić information content (AvgIpc) is 2.27. The van der Waals surface area contributed by atoms with Crippen molar-refractivity contribution >= 4 is 21.9 Å². The van der Waals surface area contributed by atoms with Gasteiger partial charge in [0.1, 0.15) is 0 Å². The quantitative estimate of drug-likeness (QED) is 0.639. The normalized spacial score (nSPS) is 11.0. The minimum atomic E-state index is -3.62. The van der Waals surface area contributed by atoms with E-state index in [1.54, 1.807) is 12.1 Å². The molecule has 8 heteroatoms. The van der Waals surface area contributed by atoms with E-state index in [1.807, 2.05) is 0 Å². The first-order valence-electron chi connectivity index (χ1n) is 5.38. The van der Waals surface area contributed by atoms with Crippen LogP contribution in [0.25, 0.3) is 0 Å². The standard InChI is InChI=1S/C11H14N2O5S/c12-19(17,18)6-5-13-10(14)7-8-3-1-2-4-9(8)11(15)16/h1-4H,5-7H2,(H,13,14)(H,15,16)(H2,12,17,18). The Balaban J connectivity index is 2.60. The van der Waals surface area contributed by atoms with Crippen molar-refractivity contribution in [3.8, 4) is 0 Å². The van der Waals surface area contributed by atoms with Gasteiger partial charge in [0.15, 0.2) is 0 Å². The summed E-state index contributed by atoms with van der Waals surface area (Å²) in [7, 11) is -3.62. The molecule has 0 aliphatic heterocycles. The Morgan fingerprint density at radius 2 is 1.89 bits per heavy atom. The summed E-state index contributed by atoms with van der Waals surface area (Å²) < 4.78 is 21.3. The number of carboxylic acids is 1. The Kier molecular flexibility index (Phi) is 5.02. The molecule has 104 valence electrons. The van der Waals surface area contributed by atoms with Crippen molar-refractivity contribution in [3.63, 3.8) is 0 Å². The molecule has 0 saturated heterocycles. The summed E-state index contributed by atoms with van der Waals surface area (Å²) in [4.78, 5) is 22.5. The number of benzene rings is 1. The molecule has 4 N–H and O–H groups in total. The second-order valence-corrected chi connectivity index (χ2v) is 5.59. The molecule has 0 radical (unpaired) electrons. The van der Waals surface area contributed by atoms with E-state index in [-0.39, 0.29) is 24.3 Å². The second kappa shape index (κ2) is 6.30. The fourth-order valence-electron chi connectivity index (χ4n) is 1.45. The lowest BCUT2D eigenvalue weighted by molar-refractivity contribution is -0.120. The molecule has 0 atom stereocenters. The number of nitrogens with one attached hydrogen (secondary N) is 1. The van der Waals surface area contributed by atoms with E-state index in [4.69, 9.17) is 10.2 Å². The van der Waals surface area contributed by atoms with Gasteiger partial charge in [-0.3, -0.25) is 4.79 Å². The molecule has 0 aromatic heterocycles. The van der Waals surface area contributed by atoms with Crippen LogP contribution in [0.1, 0.15) is 15.9 Å². The van der Waals surface area contributed by atoms with Gasteiger partial charge in [-0.2, -0.15) is 0 Å². The first-order valence-corrected chi connectivity index (χ1v) is 7.09. The van der Waals surface area contributed by atoms with E-state index < -0.39 is 21.9 Å². The Bertz CT molecular complexity index is 583. The molecule has 1 aromatic carbocycles. The van der Waals surface area contributed by atoms with Crippen molar-refractivity contribution in [3.05, 3.63) is 35.4 Å². The third kappa shape index (κ3) is 5.49. The number of amides is 1. The van der Waals surface area contributed by atoms with E-state index in [2.05, 4.69) is 5.32 Å². The molecule has 0 saturated carbocycles. The predicted molar refractivity (Wildman–Crippen MR) is 68.1 cm³/mol. The van der Waals surface area contributed by atoms with Gasteiger partial charge in [-0.25, -0.2) is 18.4 Å². The summed E-state index contributed by atoms with van der Waals surface area (Å²) in [6, 6.07) is 6.11. The van der Waals surface area contributed by atoms with Gasteiger partial charge < -0.3 is 10.4 Å². The van der Waals surface area contributed by atoms with Gasteiger partial charge in [-0.05, 0) is 11.6 Å². The van der Waals surface area contributed by atoms with Crippen molar-refractivity contribution in [2.24, 2.45) is 5.14 Å². The Morgan fingerprint density at radius 1 is 1.26 bits per heavy atom. The molecular weight excluding hydrogens is 272 g/mol. The van der Waals surface area contributed by atoms with Crippen LogP contribution in [0.5, 0.6) is 0 Å². The Hall–Kier alpha value is -1.93. The molecule has 0 bridgehead atoms. The molecule has 0 heterocycles. The number of hydrogen-bond acceptors (Lipinski definition) is 4. The lowest BCUT2D eigenvalue weighted by Gasteiger charge is -2.06. The number of sulfonamides is 1. The maximum Gasteiger partial charge on any atom is 0.335 e. The maximum absolute atomic E-state index is 11.5.